The van der Waals surface area contributed by atoms with Crippen LogP contribution in [0.5, 0.6) is 0 Å². The van der Waals surface area contributed by atoms with Gasteiger partial charge in [0.25, 0.3) is 0 Å². The molecular weight excluding hydrogens is 274 g/mol. The lowest BCUT2D eigenvalue weighted by molar-refractivity contribution is -0.142. The van der Waals surface area contributed by atoms with Gasteiger partial charge in [-0.3, -0.25) is 4.79 Å². The molecule has 0 radical (unpaired) electrons. The van der Waals surface area contributed by atoms with Crippen LogP contribution in [0.4, 0.5) is 0 Å². The molecule has 0 bridgehead atoms. The molecule has 1 aromatic carbocycles. The highest BCUT2D eigenvalue weighted by Gasteiger charge is 2.28. The van der Waals surface area contributed by atoms with Gasteiger partial charge in [-0.05, 0) is 31.0 Å². The van der Waals surface area contributed by atoms with Crippen LogP contribution in [0.25, 0.3) is 0 Å². The molecule has 6 heteroatoms. The van der Waals surface area contributed by atoms with E-state index in [4.69, 9.17) is 16.7 Å². The highest BCUT2D eigenvalue weighted by Crippen LogP contribution is 2.22. The van der Waals surface area contributed by atoms with Crippen LogP contribution in [0.3, 0.4) is 0 Å². The topological polar surface area (TPSA) is 57.6 Å². The average molecular weight is 288 g/mol. The van der Waals surface area contributed by atoms with Crippen LogP contribution in [0.1, 0.15) is 12.8 Å². The lowest BCUT2D eigenvalue weighted by Crippen LogP contribution is -2.39. The van der Waals surface area contributed by atoms with Crippen molar-refractivity contribution in [2.24, 2.45) is 5.92 Å². The molecule has 0 aliphatic carbocycles. The van der Waals surface area contributed by atoms with E-state index in [1.165, 1.54) is 0 Å². The SMILES string of the molecule is O=C(O)C1CCCN(S(=O)c2cccc(Cl)c2)C1. The van der Waals surface area contributed by atoms with Crippen molar-refractivity contribution in [2.45, 2.75) is 17.7 Å². The average Bonchev–Trinajstić information content (AvgIpc) is 2.38. The van der Waals surface area contributed by atoms with Crippen LogP contribution in [0, 0.1) is 5.92 Å². The van der Waals surface area contributed by atoms with E-state index in [1.54, 1.807) is 28.6 Å². The van der Waals surface area contributed by atoms with E-state index in [2.05, 4.69) is 0 Å². The number of rotatable bonds is 3. The molecule has 4 nitrogen and oxygen atoms in total. The van der Waals surface area contributed by atoms with Crippen molar-refractivity contribution in [1.82, 2.24) is 4.31 Å². The minimum absolute atomic E-state index is 0.328. The van der Waals surface area contributed by atoms with Gasteiger partial charge in [0.1, 0.15) is 11.0 Å². The van der Waals surface area contributed by atoms with Crippen LogP contribution < -0.4 is 0 Å². The van der Waals surface area contributed by atoms with E-state index < -0.39 is 22.9 Å². The summed E-state index contributed by atoms with van der Waals surface area (Å²) in [6.07, 6.45) is 1.40. The number of aliphatic carboxylic acids is 1. The molecular formula is C12H14ClNO3S. The monoisotopic (exact) mass is 287 g/mol. The molecule has 1 aliphatic heterocycles. The Bertz CT molecular complexity index is 480. The van der Waals surface area contributed by atoms with Gasteiger partial charge in [-0.2, -0.15) is 0 Å². The lowest BCUT2D eigenvalue weighted by Gasteiger charge is -2.29. The fraction of sp³-hybridized carbons (Fsp3) is 0.417. The number of carboxylic acids is 1. The molecule has 1 aromatic rings. The zero-order valence-corrected chi connectivity index (χ0v) is 11.3. The van der Waals surface area contributed by atoms with Gasteiger partial charge >= 0.3 is 5.97 Å². The number of nitrogens with zero attached hydrogens (tertiary/aromatic N) is 1. The Morgan fingerprint density at radius 2 is 2.28 bits per heavy atom. The third-order valence-electron chi connectivity index (χ3n) is 2.97. The van der Waals surface area contributed by atoms with Gasteiger partial charge in [0.2, 0.25) is 0 Å². The van der Waals surface area contributed by atoms with Crippen LogP contribution in [-0.4, -0.2) is 32.7 Å². The van der Waals surface area contributed by atoms with Gasteiger partial charge in [0.15, 0.2) is 0 Å². The van der Waals surface area contributed by atoms with Crippen molar-refractivity contribution in [2.75, 3.05) is 13.1 Å². The Labute approximate surface area is 113 Å². The Kier molecular flexibility index (Phi) is 4.37. The highest BCUT2D eigenvalue weighted by atomic mass is 35.5. The van der Waals surface area contributed by atoms with Crippen molar-refractivity contribution in [1.29, 1.82) is 0 Å². The van der Waals surface area contributed by atoms with Crippen molar-refractivity contribution in [3.63, 3.8) is 0 Å². The summed E-state index contributed by atoms with van der Waals surface area (Å²) in [6.45, 7) is 0.983. The first-order chi connectivity index (χ1) is 8.58. The fourth-order valence-corrected chi connectivity index (χ4v) is 3.61. The number of carboxylic acid groups (broad SMARTS) is 1. The number of hydrogen-bond acceptors (Lipinski definition) is 2. The standard InChI is InChI=1S/C12H14ClNO3S/c13-10-4-1-5-11(7-10)18(17)14-6-2-3-9(8-14)12(15)16/h1,4-5,7,9H,2-3,6,8H2,(H,15,16). The summed E-state index contributed by atoms with van der Waals surface area (Å²) in [7, 11) is -1.33. The normalized spacial score (nSPS) is 22.6. The van der Waals surface area contributed by atoms with Gasteiger partial charge in [0.05, 0.1) is 10.8 Å². The molecule has 2 atom stereocenters. The zero-order valence-electron chi connectivity index (χ0n) is 9.71. The highest BCUT2D eigenvalue weighted by molar-refractivity contribution is 7.82. The lowest BCUT2D eigenvalue weighted by atomic mass is 10.0. The zero-order chi connectivity index (χ0) is 13.1. The summed E-state index contributed by atoms with van der Waals surface area (Å²) in [5, 5.41) is 9.54. The Morgan fingerprint density at radius 3 is 2.94 bits per heavy atom. The smallest absolute Gasteiger partial charge is 0.307 e. The third kappa shape index (κ3) is 3.10. The van der Waals surface area contributed by atoms with Crippen LogP contribution in [0.2, 0.25) is 5.02 Å². The van der Waals surface area contributed by atoms with E-state index in [1.807, 2.05) is 0 Å². The van der Waals surface area contributed by atoms with E-state index in [9.17, 15) is 9.00 Å². The van der Waals surface area contributed by atoms with Crippen molar-refractivity contribution in [3.8, 4) is 0 Å². The van der Waals surface area contributed by atoms with Gasteiger partial charge in [-0.15, -0.1) is 0 Å². The number of halogens is 1. The summed E-state index contributed by atoms with van der Waals surface area (Å²) < 4.78 is 14.0. The molecule has 0 amide bonds. The molecule has 1 heterocycles. The second-order valence-corrected chi connectivity index (χ2v) is 6.19. The summed E-state index contributed by atoms with van der Waals surface area (Å²) in [5.41, 5.74) is 0. The van der Waals surface area contributed by atoms with E-state index in [0.717, 1.165) is 6.42 Å². The summed E-state index contributed by atoms with van der Waals surface area (Å²) in [4.78, 5) is 11.6. The number of piperidine rings is 1. The van der Waals surface area contributed by atoms with Gasteiger partial charge in [-0.1, -0.05) is 17.7 Å². The van der Waals surface area contributed by atoms with E-state index in [-0.39, 0.29) is 0 Å². The molecule has 2 unspecified atom stereocenters. The van der Waals surface area contributed by atoms with Gasteiger partial charge in [0, 0.05) is 18.1 Å². The third-order valence-corrected chi connectivity index (χ3v) is 4.66. The van der Waals surface area contributed by atoms with Crippen LogP contribution in [0.15, 0.2) is 29.2 Å². The minimum atomic E-state index is -1.33. The van der Waals surface area contributed by atoms with Crippen LogP contribution in [-0.2, 0) is 15.8 Å². The number of hydrogen-bond donors (Lipinski definition) is 1. The fourth-order valence-electron chi connectivity index (χ4n) is 2.02. The number of carbonyl (C=O) groups is 1. The maximum Gasteiger partial charge on any atom is 0.307 e. The molecule has 0 aromatic heterocycles. The molecule has 98 valence electrons. The summed E-state index contributed by atoms with van der Waals surface area (Å²) >= 11 is 5.86. The summed E-state index contributed by atoms with van der Waals surface area (Å²) in [6, 6.07) is 6.86. The summed E-state index contributed by atoms with van der Waals surface area (Å²) in [5.74, 6) is -1.25. The van der Waals surface area contributed by atoms with Crippen molar-refractivity contribution >= 4 is 28.6 Å². The minimum Gasteiger partial charge on any atom is -0.481 e. The second kappa shape index (κ2) is 5.82. The maximum atomic E-state index is 12.3. The molecule has 18 heavy (non-hydrogen) atoms. The maximum absolute atomic E-state index is 12.3. The molecule has 1 aliphatic rings. The number of benzene rings is 1. The van der Waals surface area contributed by atoms with Crippen molar-refractivity contribution < 1.29 is 14.1 Å². The Morgan fingerprint density at radius 1 is 1.50 bits per heavy atom. The first-order valence-electron chi connectivity index (χ1n) is 5.73. The molecule has 1 saturated heterocycles. The Balaban J connectivity index is 2.11. The Hall–Kier alpha value is -0.910. The molecule has 0 spiro atoms. The first kappa shape index (κ1) is 13.5. The second-order valence-electron chi connectivity index (χ2n) is 4.27. The molecule has 1 fully saturated rings. The van der Waals surface area contributed by atoms with E-state index in [0.29, 0.717) is 29.4 Å². The van der Waals surface area contributed by atoms with Crippen molar-refractivity contribution in [3.05, 3.63) is 29.3 Å². The molecule has 2 rings (SSSR count). The largest absolute Gasteiger partial charge is 0.481 e. The van der Waals surface area contributed by atoms with Gasteiger partial charge < -0.3 is 5.11 Å². The molecule has 1 N–H and O–H groups in total. The first-order valence-corrected chi connectivity index (χ1v) is 7.21. The van der Waals surface area contributed by atoms with E-state index >= 15 is 0 Å². The van der Waals surface area contributed by atoms with Crippen LogP contribution >= 0.6 is 11.6 Å². The quantitative estimate of drug-likeness (QED) is 0.927. The predicted octanol–water partition coefficient (Wildman–Crippen LogP) is 2.16. The van der Waals surface area contributed by atoms with Gasteiger partial charge in [-0.25, -0.2) is 8.51 Å². The predicted molar refractivity (Wildman–Crippen MR) is 69.8 cm³/mol. The molecule has 0 saturated carbocycles.